The molecule has 2 aromatic carbocycles. The first-order chi connectivity index (χ1) is 12.5. The van der Waals surface area contributed by atoms with Crippen molar-refractivity contribution in [3.63, 3.8) is 0 Å². The van der Waals surface area contributed by atoms with Crippen LogP contribution in [0.15, 0.2) is 59.4 Å². The fourth-order valence-corrected chi connectivity index (χ4v) is 2.61. The van der Waals surface area contributed by atoms with Gasteiger partial charge in [0.05, 0.1) is 22.3 Å². The molecule has 0 bridgehead atoms. The predicted octanol–water partition coefficient (Wildman–Crippen LogP) is 3.32. The monoisotopic (exact) mass is 364 g/mol. The number of aryl methyl sites for hydroxylation is 1. The number of amides is 1. The molecule has 0 spiro atoms. The first-order valence-corrected chi connectivity index (χ1v) is 8.05. The highest BCUT2D eigenvalue weighted by molar-refractivity contribution is 6.32. The topological polar surface area (TPSA) is 87.8 Å². The van der Waals surface area contributed by atoms with Gasteiger partial charge in [-0.3, -0.25) is 9.59 Å². The van der Waals surface area contributed by atoms with Gasteiger partial charge in [-0.25, -0.2) is 4.68 Å². The summed E-state index contributed by atoms with van der Waals surface area (Å²) in [5.74, 6) is -0.638. The van der Waals surface area contributed by atoms with Gasteiger partial charge >= 0.3 is 0 Å². The second kappa shape index (κ2) is 7.21. The number of anilines is 1. The number of para-hydroxylation sites is 1. The van der Waals surface area contributed by atoms with Gasteiger partial charge in [0.2, 0.25) is 5.43 Å². The van der Waals surface area contributed by atoms with Crippen LogP contribution in [0.5, 0.6) is 0 Å². The second-order valence-electron chi connectivity index (χ2n) is 5.51. The summed E-state index contributed by atoms with van der Waals surface area (Å²) < 4.78 is 1.46. The van der Waals surface area contributed by atoms with Gasteiger partial charge in [0.15, 0.2) is 5.69 Å². The van der Waals surface area contributed by atoms with E-state index in [1.165, 1.54) is 10.7 Å². The largest absolute Gasteiger partial charge is 0.320 e. The minimum Gasteiger partial charge on any atom is -0.320 e. The molecule has 0 saturated heterocycles. The lowest BCUT2D eigenvalue weighted by Crippen LogP contribution is -2.27. The zero-order valence-electron chi connectivity index (χ0n) is 13.7. The maximum absolute atomic E-state index is 12.5. The van der Waals surface area contributed by atoms with E-state index in [4.69, 9.17) is 16.9 Å². The summed E-state index contributed by atoms with van der Waals surface area (Å²) in [6.07, 6.45) is 0. The summed E-state index contributed by atoms with van der Waals surface area (Å²) in [6.45, 7) is 1.71. The van der Waals surface area contributed by atoms with Gasteiger partial charge in [0.1, 0.15) is 0 Å². The van der Waals surface area contributed by atoms with Crippen molar-refractivity contribution in [2.45, 2.75) is 6.92 Å². The van der Waals surface area contributed by atoms with Crippen molar-refractivity contribution in [2.75, 3.05) is 5.32 Å². The molecular formula is C19H13ClN4O2. The van der Waals surface area contributed by atoms with Gasteiger partial charge in [-0.15, -0.1) is 0 Å². The summed E-state index contributed by atoms with van der Waals surface area (Å²) in [4.78, 5) is 24.7. The van der Waals surface area contributed by atoms with Crippen molar-refractivity contribution < 1.29 is 4.79 Å². The molecule has 1 aromatic heterocycles. The molecule has 1 N–H and O–H groups in total. The van der Waals surface area contributed by atoms with Crippen molar-refractivity contribution in [3.8, 4) is 11.8 Å². The Bertz CT molecular complexity index is 1080. The molecule has 0 aliphatic rings. The zero-order valence-corrected chi connectivity index (χ0v) is 14.5. The standard InChI is InChI=1S/C19H13ClN4O2/c1-12-10-17(25)18(23-24(12)16-5-3-2-4-15(16)20)19(26)22-14-8-6-13(11-21)7-9-14/h2-10H,1H3,(H,22,26). The van der Waals surface area contributed by atoms with Gasteiger partial charge in [-0.2, -0.15) is 10.4 Å². The van der Waals surface area contributed by atoms with E-state index in [-0.39, 0.29) is 5.69 Å². The fourth-order valence-electron chi connectivity index (χ4n) is 2.39. The summed E-state index contributed by atoms with van der Waals surface area (Å²) in [5.41, 5.74) is 1.31. The van der Waals surface area contributed by atoms with Gasteiger partial charge in [-0.05, 0) is 43.3 Å². The van der Waals surface area contributed by atoms with Crippen molar-refractivity contribution in [1.82, 2.24) is 9.78 Å². The van der Waals surface area contributed by atoms with E-state index < -0.39 is 11.3 Å². The van der Waals surface area contributed by atoms with Crippen LogP contribution >= 0.6 is 11.6 Å². The molecule has 1 amide bonds. The molecule has 0 saturated carbocycles. The lowest BCUT2D eigenvalue weighted by atomic mass is 10.2. The van der Waals surface area contributed by atoms with Crippen LogP contribution in [0, 0.1) is 18.3 Å². The Hall–Kier alpha value is -3.43. The van der Waals surface area contributed by atoms with E-state index in [0.29, 0.717) is 27.7 Å². The first-order valence-electron chi connectivity index (χ1n) is 7.67. The SMILES string of the molecule is Cc1cc(=O)c(C(=O)Nc2ccc(C#N)cc2)nn1-c1ccccc1Cl. The fraction of sp³-hybridized carbons (Fsp3) is 0.0526. The highest BCUT2D eigenvalue weighted by Crippen LogP contribution is 2.20. The number of carbonyl (C=O) groups excluding carboxylic acids is 1. The lowest BCUT2D eigenvalue weighted by Gasteiger charge is -2.12. The number of hydrogen-bond donors (Lipinski definition) is 1. The Morgan fingerprint density at radius 2 is 1.88 bits per heavy atom. The van der Waals surface area contributed by atoms with Crippen LogP contribution in [0.1, 0.15) is 21.7 Å². The van der Waals surface area contributed by atoms with Crippen molar-refractivity contribution in [1.29, 1.82) is 5.26 Å². The number of nitriles is 1. The van der Waals surface area contributed by atoms with Crippen LogP contribution in [-0.2, 0) is 0 Å². The van der Waals surface area contributed by atoms with E-state index in [2.05, 4.69) is 10.4 Å². The van der Waals surface area contributed by atoms with Gasteiger partial charge in [0, 0.05) is 17.4 Å². The van der Waals surface area contributed by atoms with Crippen LogP contribution in [-0.4, -0.2) is 15.7 Å². The Kier molecular flexibility index (Phi) is 4.83. The van der Waals surface area contributed by atoms with Gasteiger partial charge in [0.25, 0.3) is 5.91 Å². The van der Waals surface area contributed by atoms with E-state index in [0.717, 1.165) is 0 Å². The van der Waals surface area contributed by atoms with E-state index in [9.17, 15) is 9.59 Å². The maximum atomic E-state index is 12.5. The number of aromatic nitrogens is 2. The van der Waals surface area contributed by atoms with Crippen LogP contribution in [0.25, 0.3) is 5.69 Å². The highest BCUT2D eigenvalue weighted by atomic mass is 35.5. The molecule has 0 radical (unpaired) electrons. The molecule has 7 heteroatoms. The normalized spacial score (nSPS) is 10.2. The summed E-state index contributed by atoms with van der Waals surface area (Å²) in [6, 6.07) is 16.6. The first kappa shape index (κ1) is 17.4. The molecule has 0 unspecified atom stereocenters. The summed E-state index contributed by atoms with van der Waals surface area (Å²) in [7, 11) is 0. The lowest BCUT2D eigenvalue weighted by molar-refractivity contribution is 0.101. The molecule has 6 nitrogen and oxygen atoms in total. The number of rotatable bonds is 3. The smallest absolute Gasteiger partial charge is 0.280 e. The maximum Gasteiger partial charge on any atom is 0.280 e. The van der Waals surface area contributed by atoms with Crippen LogP contribution < -0.4 is 10.7 Å². The molecule has 0 fully saturated rings. The molecule has 0 atom stereocenters. The van der Waals surface area contributed by atoms with Gasteiger partial charge < -0.3 is 5.32 Å². The number of halogens is 1. The average Bonchev–Trinajstić information content (AvgIpc) is 2.63. The highest BCUT2D eigenvalue weighted by Gasteiger charge is 2.16. The second-order valence-corrected chi connectivity index (χ2v) is 5.91. The van der Waals surface area contributed by atoms with E-state index >= 15 is 0 Å². The predicted molar refractivity (Wildman–Crippen MR) is 98.7 cm³/mol. The Labute approximate surface area is 154 Å². The molecule has 1 heterocycles. The third-order valence-corrected chi connectivity index (χ3v) is 3.99. The third kappa shape index (κ3) is 3.48. The molecule has 3 rings (SSSR count). The van der Waals surface area contributed by atoms with Crippen LogP contribution in [0.2, 0.25) is 5.02 Å². The summed E-state index contributed by atoms with van der Waals surface area (Å²) >= 11 is 6.19. The third-order valence-electron chi connectivity index (χ3n) is 3.68. The van der Waals surface area contributed by atoms with Crippen LogP contribution in [0.4, 0.5) is 5.69 Å². The number of nitrogens with one attached hydrogen (secondary N) is 1. The Balaban J connectivity index is 1.98. The number of nitrogens with zero attached hydrogens (tertiary/aromatic N) is 3. The molecule has 3 aromatic rings. The molecule has 128 valence electrons. The number of benzene rings is 2. The van der Waals surface area contributed by atoms with E-state index in [1.54, 1.807) is 55.5 Å². The summed E-state index contributed by atoms with van der Waals surface area (Å²) in [5, 5.41) is 16.1. The Morgan fingerprint density at radius 1 is 1.19 bits per heavy atom. The minimum atomic E-state index is -0.638. The molecule has 26 heavy (non-hydrogen) atoms. The molecule has 0 aliphatic carbocycles. The number of hydrogen-bond acceptors (Lipinski definition) is 4. The molecular weight excluding hydrogens is 352 g/mol. The number of carbonyl (C=O) groups is 1. The Morgan fingerprint density at radius 3 is 2.54 bits per heavy atom. The van der Waals surface area contributed by atoms with Crippen molar-refractivity contribution in [3.05, 3.63) is 86.8 Å². The average molecular weight is 365 g/mol. The van der Waals surface area contributed by atoms with Crippen LogP contribution in [0.3, 0.4) is 0 Å². The van der Waals surface area contributed by atoms with Crippen molar-refractivity contribution >= 4 is 23.2 Å². The zero-order chi connectivity index (χ0) is 18.7. The van der Waals surface area contributed by atoms with Gasteiger partial charge in [-0.1, -0.05) is 23.7 Å². The minimum absolute atomic E-state index is 0.250. The van der Waals surface area contributed by atoms with E-state index in [1.807, 2.05) is 6.07 Å². The van der Waals surface area contributed by atoms with Crippen molar-refractivity contribution in [2.24, 2.45) is 0 Å². The molecule has 0 aliphatic heterocycles. The quantitative estimate of drug-likeness (QED) is 0.772.